The van der Waals surface area contributed by atoms with Crippen molar-refractivity contribution in [2.45, 2.75) is 0 Å². The van der Waals surface area contributed by atoms with Crippen molar-refractivity contribution in [2.24, 2.45) is 0 Å². The molecule has 0 bridgehead atoms. The third-order valence-corrected chi connectivity index (χ3v) is 4.28. The summed E-state index contributed by atoms with van der Waals surface area (Å²) >= 11 is 5.98. The summed E-state index contributed by atoms with van der Waals surface area (Å²) in [6.45, 7) is 0.0955. The number of carbonyl (C=O) groups excluding carboxylic acids is 2. The van der Waals surface area contributed by atoms with Crippen LogP contribution < -0.4 is 5.32 Å². The summed E-state index contributed by atoms with van der Waals surface area (Å²) < 4.78 is 15.4. The lowest BCUT2D eigenvalue weighted by Crippen LogP contribution is -2.30. The summed E-state index contributed by atoms with van der Waals surface area (Å²) in [5.41, 5.74) is 1.67. The fraction of sp³-hybridized carbons (Fsp3) is 0.111. The van der Waals surface area contributed by atoms with Crippen LogP contribution in [0.5, 0.6) is 0 Å². The Morgan fingerprint density at radius 2 is 2.11 bits per heavy atom. The minimum absolute atomic E-state index is 0.0281. The molecule has 1 aliphatic rings. The average molecular weight is 386 g/mol. The van der Waals surface area contributed by atoms with E-state index in [0.29, 0.717) is 16.9 Å². The number of hydrogen-bond donors (Lipinski definition) is 1. The van der Waals surface area contributed by atoms with Crippen molar-refractivity contribution in [1.29, 1.82) is 0 Å². The van der Waals surface area contributed by atoms with Gasteiger partial charge in [0.05, 0.1) is 24.2 Å². The fourth-order valence-corrected chi connectivity index (χ4v) is 3.06. The van der Waals surface area contributed by atoms with Crippen LogP contribution in [0.1, 0.15) is 10.5 Å². The van der Waals surface area contributed by atoms with E-state index in [1.165, 1.54) is 21.7 Å². The molecule has 1 aromatic carbocycles. The molecule has 136 valence electrons. The smallest absolute Gasteiger partial charge is 0.276 e. The molecule has 4 rings (SSSR count). The summed E-state index contributed by atoms with van der Waals surface area (Å²) in [7, 11) is 0. The van der Waals surface area contributed by atoms with Crippen LogP contribution in [0.25, 0.3) is 16.9 Å². The second kappa shape index (κ2) is 6.81. The third-order valence-electron chi connectivity index (χ3n) is 4.07. The van der Waals surface area contributed by atoms with Crippen LogP contribution in [0.2, 0.25) is 5.02 Å². The molecule has 1 aliphatic heterocycles. The first-order chi connectivity index (χ1) is 13.0. The van der Waals surface area contributed by atoms with Gasteiger partial charge in [-0.15, -0.1) is 0 Å². The fourth-order valence-electron chi connectivity index (χ4n) is 2.84. The summed E-state index contributed by atoms with van der Waals surface area (Å²) in [5.74, 6) is -1.13. The monoisotopic (exact) mass is 385 g/mol. The Kier molecular flexibility index (Phi) is 4.33. The van der Waals surface area contributed by atoms with E-state index in [9.17, 15) is 14.0 Å². The van der Waals surface area contributed by atoms with Gasteiger partial charge < -0.3 is 10.2 Å². The van der Waals surface area contributed by atoms with Crippen molar-refractivity contribution in [3.8, 4) is 16.9 Å². The molecular weight excluding hydrogens is 373 g/mol. The van der Waals surface area contributed by atoms with Crippen LogP contribution in [0.4, 0.5) is 4.39 Å². The number of halogens is 2. The van der Waals surface area contributed by atoms with Gasteiger partial charge in [0.1, 0.15) is 12.4 Å². The number of nitrogens with zero attached hydrogens (tertiary/aromatic N) is 4. The SMILES string of the molecule is O=C1CN(C(=O)c2cc(-c3cc(F)cc(Cl)c3)n(-c3cccnc3)n2)CN1. The van der Waals surface area contributed by atoms with Gasteiger partial charge in [0.25, 0.3) is 5.91 Å². The molecule has 2 aromatic heterocycles. The van der Waals surface area contributed by atoms with Crippen molar-refractivity contribution in [1.82, 2.24) is 25.0 Å². The first kappa shape index (κ1) is 17.2. The molecule has 7 nitrogen and oxygen atoms in total. The molecule has 0 spiro atoms. The molecule has 1 saturated heterocycles. The molecule has 1 fully saturated rings. The van der Waals surface area contributed by atoms with Crippen molar-refractivity contribution in [3.05, 3.63) is 65.3 Å². The first-order valence-electron chi connectivity index (χ1n) is 8.04. The minimum Gasteiger partial charge on any atom is -0.337 e. The van der Waals surface area contributed by atoms with Crippen LogP contribution in [0.3, 0.4) is 0 Å². The average Bonchev–Trinajstić information content (AvgIpc) is 3.28. The van der Waals surface area contributed by atoms with Crippen LogP contribution in [-0.4, -0.2) is 44.7 Å². The molecule has 0 unspecified atom stereocenters. The van der Waals surface area contributed by atoms with Crippen LogP contribution in [0.15, 0.2) is 48.8 Å². The van der Waals surface area contributed by atoms with Gasteiger partial charge in [-0.25, -0.2) is 9.07 Å². The molecule has 0 radical (unpaired) electrons. The van der Waals surface area contributed by atoms with Gasteiger partial charge in [-0.05, 0) is 36.4 Å². The Morgan fingerprint density at radius 1 is 1.26 bits per heavy atom. The summed E-state index contributed by atoms with van der Waals surface area (Å²) in [4.78, 5) is 29.5. The van der Waals surface area contributed by atoms with E-state index in [1.54, 1.807) is 36.7 Å². The molecule has 2 amide bonds. The molecule has 0 atom stereocenters. The van der Waals surface area contributed by atoms with E-state index in [0.717, 1.165) is 0 Å². The van der Waals surface area contributed by atoms with E-state index in [2.05, 4.69) is 15.4 Å². The minimum atomic E-state index is -0.501. The summed E-state index contributed by atoms with van der Waals surface area (Å²) in [5, 5.41) is 7.17. The highest BCUT2D eigenvalue weighted by molar-refractivity contribution is 6.30. The molecule has 0 aliphatic carbocycles. The Bertz CT molecular complexity index is 1020. The number of benzene rings is 1. The second-order valence-electron chi connectivity index (χ2n) is 5.96. The number of aromatic nitrogens is 3. The quantitative estimate of drug-likeness (QED) is 0.750. The highest BCUT2D eigenvalue weighted by Crippen LogP contribution is 2.28. The maximum Gasteiger partial charge on any atom is 0.276 e. The Morgan fingerprint density at radius 3 is 2.78 bits per heavy atom. The molecule has 0 saturated carbocycles. The van der Waals surface area contributed by atoms with Crippen molar-refractivity contribution >= 4 is 23.4 Å². The zero-order valence-electron chi connectivity index (χ0n) is 13.9. The Hall–Kier alpha value is -3.26. The zero-order chi connectivity index (χ0) is 19.0. The molecule has 3 heterocycles. The number of hydrogen-bond acceptors (Lipinski definition) is 4. The van der Waals surface area contributed by atoms with Crippen molar-refractivity contribution in [3.63, 3.8) is 0 Å². The van der Waals surface area contributed by atoms with E-state index < -0.39 is 11.7 Å². The maximum absolute atomic E-state index is 13.9. The predicted molar refractivity (Wildman–Crippen MR) is 95.8 cm³/mol. The lowest BCUT2D eigenvalue weighted by Gasteiger charge is -2.10. The van der Waals surface area contributed by atoms with Crippen LogP contribution in [-0.2, 0) is 4.79 Å². The lowest BCUT2D eigenvalue weighted by atomic mass is 10.1. The number of nitrogens with one attached hydrogen (secondary N) is 1. The zero-order valence-corrected chi connectivity index (χ0v) is 14.7. The molecule has 3 aromatic rings. The Balaban J connectivity index is 1.82. The van der Waals surface area contributed by atoms with E-state index in [4.69, 9.17) is 11.6 Å². The van der Waals surface area contributed by atoms with Crippen molar-refractivity contribution in [2.75, 3.05) is 13.2 Å². The van der Waals surface area contributed by atoms with Gasteiger partial charge >= 0.3 is 0 Å². The first-order valence-corrected chi connectivity index (χ1v) is 8.42. The summed E-state index contributed by atoms with van der Waals surface area (Å²) in [6.07, 6.45) is 3.19. The van der Waals surface area contributed by atoms with E-state index >= 15 is 0 Å². The predicted octanol–water partition coefficient (Wildman–Crippen LogP) is 2.26. The number of amides is 2. The molecule has 9 heteroatoms. The standard InChI is InChI=1S/C18H13ClFN5O2/c19-12-4-11(5-13(20)6-12)16-7-15(18(27)24-9-17(26)22-10-24)23-25(16)14-2-1-3-21-8-14/h1-8H,9-10H2,(H,22,26). The molecular formula is C18H13ClFN5O2. The number of carbonyl (C=O) groups is 2. The van der Waals surface area contributed by atoms with E-state index in [1.807, 2.05) is 0 Å². The molecule has 1 N–H and O–H groups in total. The van der Waals surface area contributed by atoms with Crippen molar-refractivity contribution < 1.29 is 14.0 Å². The second-order valence-corrected chi connectivity index (χ2v) is 6.39. The van der Waals surface area contributed by atoms with Gasteiger partial charge in [-0.2, -0.15) is 5.10 Å². The number of pyridine rings is 1. The Labute approximate surface area is 158 Å². The topological polar surface area (TPSA) is 80.1 Å². The van der Waals surface area contributed by atoms with Gasteiger partial charge in [-0.1, -0.05) is 11.6 Å². The van der Waals surface area contributed by atoms with Gasteiger partial charge in [0.15, 0.2) is 5.69 Å². The number of rotatable bonds is 3. The highest BCUT2D eigenvalue weighted by atomic mass is 35.5. The summed E-state index contributed by atoms with van der Waals surface area (Å²) in [6, 6.07) is 9.13. The largest absolute Gasteiger partial charge is 0.337 e. The maximum atomic E-state index is 13.9. The van der Waals surface area contributed by atoms with Crippen LogP contribution in [0, 0.1) is 5.82 Å². The third kappa shape index (κ3) is 3.39. The highest BCUT2D eigenvalue weighted by Gasteiger charge is 2.27. The lowest BCUT2D eigenvalue weighted by molar-refractivity contribution is -0.118. The van der Waals surface area contributed by atoms with Gasteiger partial charge in [0, 0.05) is 16.8 Å². The molecule has 27 heavy (non-hydrogen) atoms. The van der Waals surface area contributed by atoms with Crippen LogP contribution >= 0.6 is 11.6 Å². The normalized spacial score (nSPS) is 13.7. The van der Waals surface area contributed by atoms with E-state index in [-0.39, 0.29) is 29.8 Å². The van der Waals surface area contributed by atoms with Gasteiger partial charge in [0.2, 0.25) is 5.91 Å². The van der Waals surface area contributed by atoms with Gasteiger partial charge in [-0.3, -0.25) is 14.6 Å².